The van der Waals surface area contributed by atoms with Crippen molar-refractivity contribution >= 4 is 37.8 Å². The monoisotopic (exact) mass is 445 g/mol. The number of carbonyl (C=O) groups is 1. The fraction of sp³-hybridized carbons (Fsp3) is 0.533. The lowest BCUT2D eigenvalue weighted by molar-refractivity contribution is -0.121. The fourth-order valence-electron chi connectivity index (χ4n) is 2.29. The van der Waals surface area contributed by atoms with Gasteiger partial charge in [0.25, 0.3) is 0 Å². The molecule has 23 heavy (non-hydrogen) atoms. The van der Waals surface area contributed by atoms with Gasteiger partial charge in [-0.2, -0.15) is 10.2 Å². The zero-order chi connectivity index (χ0) is 17.0. The Hall–Kier alpha value is -1.15. The van der Waals surface area contributed by atoms with Gasteiger partial charge in [-0.15, -0.1) is 0 Å². The molecule has 2 rings (SSSR count). The lowest BCUT2D eigenvalue weighted by Crippen LogP contribution is -2.26. The van der Waals surface area contributed by atoms with E-state index in [1.807, 2.05) is 30.1 Å². The Morgan fingerprint density at radius 3 is 2.48 bits per heavy atom. The molecule has 0 saturated heterocycles. The van der Waals surface area contributed by atoms with Crippen LogP contribution in [0.3, 0.4) is 0 Å². The van der Waals surface area contributed by atoms with E-state index in [4.69, 9.17) is 0 Å². The van der Waals surface area contributed by atoms with Gasteiger partial charge in [-0.05, 0) is 59.1 Å². The molecule has 0 radical (unpaired) electrons. The van der Waals surface area contributed by atoms with Crippen LogP contribution in [0.4, 0.5) is 0 Å². The van der Waals surface area contributed by atoms with E-state index in [1.54, 1.807) is 6.20 Å². The Bertz CT molecular complexity index is 692. The first-order chi connectivity index (χ1) is 10.9. The Balaban J connectivity index is 1.69. The molecule has 0 aliphatic heterocycles. The molecule has 0 unspecified atom stereocenters. The van der Waals surface area contributed by atoms with Gasteiger partial charge in [-0.1, -0.05) is 0 Å². The van der Waals surface area contributed by atoms with Gasteiger partial charge >= 0.3 is 0 Å². The van der Waals surface area contributed by atoms with E-state index in [1.165, 1.54) is 0 Å². The van der Waals surface area contributed by atoms with Gasteiger partial charge in [0.1, 0.15) is 0 Å². The van der Waals surface area contributed by atoms with Crippen molar-refractivity contribution in [1.29, 1.82) is 0 Å². The number of rotatable bonds is 7. The predicted molar refractivity (Wildman–Crippen MR) is 96.3 cm³/mol. The molecule has 0 bridgehead atoms. The van der Waals surface area contributed by atoms with E-state index >= 15 is 0 Å². The van der Waals surface area contributed by atoms with E-state index in [2.05, 4.69) is 47.4 Å². The van der Waals surface area contributed by atoms with Gasteiger partial charge in [0.2, 0.25) is 5.91 Å². The highest BCUT2D eigenvalue weighted by Crippen LogP contribution is 2.19. The number of nitrogens with one attached hydrogen (secondary N) is 1. The van der Waals surface area contributed by atoms with E-state index in [0.717, 1.165) is 39.0 Å². The summed E-state index contributed by atoms with van der Waals surface area (Å²) in [7, 11) is 0. The van der Waals surface area contributed by atoms with Crippen molar-refractivity contribution in [2.75, 3.05) is 6.54 Å². The van der Waals surface area contributed by atoms with Crippen molar-refractivity contribution in [3.8, 4) is 0 Å². The minimum atomic E-state index is 0.0468. The first kappa shape index (κ1) is 18.2. The van der Waals surface area contributed by atoms with Crippen LogP contribution < -0.4 is 5.32 Å². The Morgan fingerprint density at radius 1 is 1.17 bits per heavy atom. The summed E-state index contributed by atoms with van der Waals surface area (Å²) < 4.78 is 5.82. The second-order valence-corrected chi connectivity index (χ2v) is 7.11. The largest absolute Gasteiger partial charge is 0.356 e. The Morgan fingerprint density at radius 2 is 1.91 bits per heavy atom. The smallest absolute Gasteiger partial charge is 0.221 e. The van der Waals surface area contributed by atoms with Crippen molar-refractivity contribution in [1.82, 2.24) is 24.9 Å². The normalized spacial score (nSPS) is 11.0. The van der Waals surface area contributed by atoms with Crippen LogP contribution in [-0.4, -0.2) is 32.0 Å². The number of aromatic nitrogens is 4. The summed E-state index contributed by atoms with van der Waals surface area (Å²) in [6, 6.07) is 0. The maximum absolute atomic E-state index is 11.9. The summed E-state index contributed by atoms with van der Waals surface area (Å²) in [4.78, 5) is 11.9. The lowest BCUT2D eigenvalue weighted by atomic mass is 10.3. The summed E-state index contributed by atoms with van der Waals surface area (Å²) in [5.74, 6) is 0.0468. The molecule has 2 heterocycles. The predicted octanol–water partition coefficient (Wildman–Crippen LogP) is 3.13. The molecule has 0 fully saturated rings. The topological polar surface area (TPSA) is 64.7 Å². The number of hydrogen-bond acceptors (Lipinski definition) is 3. The van der Waals surface area contributed by atoms with Crippen LogP contribution in [0.5, 0.6) is 0 Å². The number of halogens is 2. The van der Waals surface area contributed by atoms with Crippen molar-refractivity contribution in [2.45, 2.75) is 46.7 Å². The maximum Gasteiger partial charge on any atom is 0.221 e. The third-order valence-electron chi connectivity index (χ3n) is 3.76. The third kappa shape index (κ3) is 4.67. The van der Waals surface area contributed by atoms with Crippen LogP contribution in [0.1, 0.15) is 29.9 Å². The number of aryl methyl sites for hydroxylation is 3. The number of carbonyl (C=O) groups excluding carboxylic acids is 1. The molecular formula is C15H21Br2N5O. The first-order valence-electron chi connectivity index (χ1n) is 7.54. The highest BCUT2D eigenvalue weighted by molar-refractivity contribution is 9.10. The van der Waals surface area contributed by atoms with E-state index in [-0.39, 0.29) is 5.91 Å². The zero-order valence-corrected chi connectivity index (χ0v) is 16.7. The molecule has 2 aromatic rings. The fourth-order valence-corrected chi connectivity index (χ4v) is 2.87. The molecule has 6 nitrogen and oxygen atoms in total. The molecule has 1 N–H and O–H groups in total. The van der Waals surface area contributed by atoms with Gasteiger partial charge in [0, 0.05) is 37.4 Å². The van der Waals surface area contributed by atoms with Crippen LogP contribution in [0.25, 0.3) is 0 Å². The molecule has 1 amide bonds. The van der Waals surface area contributed by atoms with E-state index in [0.29, 0.717) is 19.5 Å². The molecule has 2 aromatic heterocycles. The van der Waals surface area contributed by atoms with Crippen molar-refractivity contribution < 1.29 is 4.79 Å². The van der Waals surface area contributed by atoms with Crippen molar-refractivity contribution in [3.05, 3.63) is 32.2 Å². The third-order valence-corrected chi connectivity index (χ3v) is 5.68. The number of nitrogens with zero attached hydrogens (tertiary/aromatic N) is 4. The molecule has 0 spiro atoms. The Labute approximate surface area is 152 Å². The number of hydrogen-bond donors (Lipinski definition) is 1. The molecule has 0 saturated carbocycles. The van der Waals surface area contributed by atoms with Crippen molar-refractivity contribution in [3.63, 3.8) is 0 Å². The molecule has 0 aliphatic rings. The van der Waals surface area contributed by atoms with Crippen LogP contribution in [0, 0.1) is 20.8 Å². The van der Waals surface area contributed by atoms with Crippen LogP contribution in [0.2, 0.25) is 0 Å². The molecule has 0 atom stereocenters. The summed E-state index contributed by atoms with van der Waals surface area (Å²) in [5.41, 5.74) is 3.15. The summed E-state index contributed by atoms with van der Waals surface area (Å²) in [6.07, 6.45) is 3.03. The number of amides is 1. The molecule has 8 heteroatoms. The lowest BCUT2D eigenvalue weighted by Gasteiger charge is -2.08. The average Bonchev–Trinajstić information content (AvgIpc) is 2.97. The molecule has 126 valence electrons. The SMILES string of the molecule is Cc1nn(CCCNC(=O)CCn2ncc(Br)c2C)c(C)c1Br. The van der Waals surface area contributed by atoms with Gasteiger partial charge in [0.15, 0.2) is 0 Å². The molecular weight excluding hydrogens is 426 g/mol. The van der Waals surface area contributed by atoms with Gasteiger partial charge in [-0.3, -0.25) is 14.2 Å². The molecule has 0 aliphatic carbocycles. The first-order valence-corrected chi connectivity index (χ1v) is 9.13. The average molecular weight is 447 g/mol. The highest BCUT2D eigenvalue weighted by Gasteiger charge is 2.09. The minimum absolute atomic E-state index is 0.0468. The quantitative estimate of drug-likeness (QED) is 0.664. The van der Waals surface area contributed by atoms with E-state index < -0.39 is 0 Å². The summed E-state index contributed by atoms with van der Waals surface area (Å²) in [6.45, 7) is 8.02. The maximum atomic E-state index is 11.9. The Kier molecular flexibility index (Phi) is 6.41. The molecule has 0 aromatic carbocycles. The van der Waals surface area contributed by atoms with Crippen LogP contribution in [-0.2, 0) is 17.9 Å². The van der Waals surface area contributed by atoms with Gasteiger partial charge < -0.3 is 5.32 Å². The zero-order valence-electron chi connectivity index (χ0n) is 13.6. The summed E-state index contributed by atoms with van der Waals surface area (Å²) >= 11 is 6.93. The second kappa shape index (κ2) is 8.10. The second-order valence-electron chi connectivity index (χ2n) is 5.46. The minimum Gasteiger partial charge on any atom is -0.356 e. The highest BCUT2D eigenvalue weighted by atomic mass is 79.9. The summed E-state index contributed by atoms with van der Waals surface area (Å²) in [5, 5.41) is 11.6. The van der Waals surface area contributed by atoms with E-state index in [9.17, 15) is 4.79 Å². The van der Waals surface area contributed by atoms with Gasteiger partial charge in [-0.25, -0.2) is 0 Å². The van der Waals surface area contributed by atoms with Crippen molar-refractivity contribution in [2.24, 2.45) is 0 Å². The van der Waals surface area contributed by atoms with Gasteiger partial charge in [0.05, 0.1) is 20.8 Å². The van der Waals surface area contributed by atoms with Crippen LogP contribution >= 0.6 is 31.9 Å². The standard InChI is InChI=1S/C15H21Br2N5O/c1-10-15(17)12(3)22(20-10)7-4-6-18-14(23)5-8-21-11(2)13(16)9-19-21/h9H,4-8H2,1-3H3,(H,18,23). The van der Waals surface area contributed by atoms with Crippen LogP contribution in [0.15, 0.2) is 15.1 Å².